The van der Waals surface area contributed by atoms with E-state index in [-0.39, 0.29) is 17.4 Å². The van der Waals surface area contributed by atoms with Gasteiger partial charge in [0.2, 0.25) is 0 Å². The zero-order chi connectivity index (χ0) is 16.2. The molecular formula is C15H15IO5S. The molecule has 2 aromatic rings. The lowest BCUT2D eigenvalue weighted by atomic mass is 10.2. The molecule has 0 aliphatic rings. The molecule has 0 atom stereocenters. The third-order valence-corrected chi connectivity index (χ3v) is 4.90. The van der Waals surface area contributed by atoms with Gasteiger partial charge in [0.1, 0.15) is 16.4 Å². The van der Waals surface area contributed by atoms with Gasteiger partial charge in [0.15, 0.2) is 6.79 Å². The monoisotopic (exact) mass is 434 g/mol. The second kappa shape index (κ2) is 7.30. The van der Waals surface area contributed by atoms with Crippen LogP contribution in [-0.4, -0.2) is 22.3 Å². The maximum absolute atomic E-state index is 12.2. The highest BCUT2D eigenvalue weighted by atomic mass is 127. The molecule has 2 rings (SSSR count). The number of ether oxygens (including phenoxy) is 2. The molecule has 5 nitrogen and oxygen atoms in total. The van der Waals surface area contributed by atoms with E-state index in [9.17, 15) is 8.42 Å². The SMILES string of the molecule is COCOc1cc(OS(=O)(=O)c2ccc(C)cc2)ccc1I. The zero-order valence-corrected chi connectivity index (χ0v) is 15.1. The Bertz CT molecular complexity index is 741. The normalized spacial score (nSPS) is 11.2. The number of rotatable bonds is 6. The van der Waals surface area contributed by atoms with E-state index in [0.717, 1.165) is 9.13 Å². The van der Waals surface area contributed by atoms with Gasteiger partial charge in [0, 0.05) is 13.2 Å². The lowest BCUT2D eigenvalue weighted by Crippen LogP contribution is -2.10. The van der Waals surface area contributed by atoms with E-state index in [4.69, 9.17) is 13.7 Å². The molecule has 0 aromatic heterocycles. The standard InChI is InChI=1S/C15H15IO5S/c1-11-3-6-13(7-4-11)22(17,18)21-12-5-8-14(16)15(9-12)20-10-19-2/h3-9H,10H2,1-2H3. The van der Waals surface area contributed by atoms with Gasteiger partial charge in [-0.1, -0.05) is 17.7 Å². The number of hydrogen-bond donors (Lipinski definition) is 0. The van der Waals surface area contributed by atoms with Gasteiger partial charge in [-0.15, -0.1) is 0 Å². The Morgan fingerprint density at radius 2 is 1.77 bits per heavy atom. The van der Waals surface area contributed by atoms with Crippen LogP contribution >= 0.6 is 22.6 Å². The molecule has 0 N–H and O–H groups in total. The first-order valence-electron chi connectivity index (χ1n) is 6.35. The van der Waals surface area contributed by atoms with Gasteiger partial charge in [0.25, 0.3) is 0 Å². The fourth-order valence-electron chi connectivity index (χ4n) is 1.65. The molecule has 0 unspecified atom stereocenters. The predicted molar refractivity (Wildman–Crippen MR) is 90.7 cm³/mol. The van der Waals surface area contributed by atoms with Gasteiger partial charge in [-0.25, -0.2) is 0 Å². The topological polar surface area (TPSA) is 61.8 Å². The highest BCUT2D eigenvalue weighted by molar-refractivity contribution is 14.1. The second-order valence-electron chi connectivity index (χ2n) is 4.49. The van der Waals surface area contributed by atoms with Crippen molar-refractivity contribution in [2.45, 2.75) is 11.8 Å². The summed E-state index contributed by atoms with van der Waals surface area (Å²) in [6.07, 6.45) is 0. The van der Waals surface area contributed by atoms with Crippen molar-refractivity contribution in [2.24, 2.45) is 0 Å². The average Bonchev–Trinajstić information content (AvgIpc) is 2.48. The molecule has 0 aliphatic carbocycles. The molecule has 0 spiro atoms. The molecule has 7 heteroatoms. The molecule has 0 saturated heterocycles. The Kier molecular flexibility index (Phi) is 5.65. The molecule has 0 fully saturated rings. The predicted octanol–water partition coefficient (Wildman–Crippen LogP) is 3.35. The minimum atomic E-state index is -3.87. The van der Waals surface area contributed by atoms with E-state index in [1.165, 1.54) is 25.3 Å². The van der Waals surface area contributed by atoms with Crippen LogP contribution in [0.15, 0.2) is 47.4 Å². The number of aryl methyl sites for hydroxylation is 1. The van der Waals surface area contributed by atoms with Crippen LogP contribution in [0.2, 0.25) is 0 Å². The summed E-state index contributed by atoms with van der Waals surface area (Å²) in [6, 6.07) is 11.3. The van der Waals surface area contributed by atoms with E-state index in [0.29, 0.717) is 5.75 Å². The summed E-state index contributed by atoms with van der Waals surface area (Å²) in [5, 5.41) is 0. The maximum atomic E-state index is 12.2. The van der Waals surface area contributed by atoms with Crippen LogP contribution in [0, 0.1) is 10.5 Å². The van der Waals surface area contributed by atoms with E-state index >= 15 is 0 Å². The molecule has 2 aromatic carbocycles. The average molecular weight is 434 g/mol. The van der Waals surface area contributed by atoms with E-state index in [2.05, 4.69) is 22.6 Å². The van der Waals surface area contributed by atoms with Crippen molar-refractivity contribution in [1.82, 2.24) is 0 Å². The number of halogens is 1. The lowest BCUT2D eigenvalue weighted by Gasteiger charge is -2.11. The Balaban J connectivity index is 2.24. The largest absolute Gasteiger partial charge is 0.466 e. The highest BCUT2D eigenvalue weighted by Crippen LogP contribution is 2.28. The zero-order valence-electron chi connectivity index (χ0n) is 12.1. The third-order valence-electron chi connectivity index (χ3n) is 2.75. The Morgan fingerprint density at radius 3 is 2.41 bits per heavy atom. The van der Waals surface area contributed by atoms with Gasteiger partial charge >= 0.3 is 10.1 Å². The third kappa shape index (κ3) is 4.34. The maximum Gasteiger partial charge on any atom is 0.339 e. The fraction of sp³-hybridized carbons (Fsp3) is 0.200. The van der Waals surface area contributed by atoms with Gasteiger partial charge < -0.3 is 13.7 Å². The minimum Gasteiger partial charge on any atom is -0.466 e. The molecule has 22 heavy (non-hydrogen) atoms. The van der Waals surface area contributed by atoms with Crippen molar-refractivity contribution >= 4 is 32.7 Å². The van der Waals surface area contributed by atoms with Gasteiger partial charge in [0.05, 0.1) is 3.57 Å². The quantitative estimate of drug-likeness (QED) is 0.397. The number of methoxy groups -OCH3 is 1. The second-order valence-corrected chi connectivity index (χ2v) is 7.20. The highest BCUT2D eigenvalue weighted by Gasteiger charge is 2.17. The van der Waals surface area contributed by atoms with Crippen molar-refractivity contribution in [3.05, 3.63) is 51.6 Å². The fourth-order valence-corrected chi connectivity index (χ4v) is 3.06. The van der Waals surface area contributed by atoms with E-state index in [1.807, 2.05) is 6.92 Å². The van der Waals surface area contributed by atoms with E-state index < -0.39 is 10.1 Å². The van der Waals surface area contributed by atoms with Crippen molar-refractivity contribution in [2.75, 3.05) is 13.9 Å². The van der Waals surface area contributed by atoms with Crippen molar-refractivity contribution in [3.63, 3.8) is 0 Å². The van der Waals surface area contributed by atoms with Crippen molar-refractivity contribution in [1.29, 1.82) is 0 Å². The van der Waals surface area contributed by atoms with Crippen LogP contribution in [0.5, 0.6) is 11.5 Å². The smallest absolute Gasteiger partial charge is 0.339 e. The Hall–Kier alpha value is -1.32. The van der Waals surface area contributed by atoms with Crippen LogP contribution in [0.4, 0.5) is 0 Å². The molecule has 0 amide bonds. The van der Waals surface area contributed by atoms with Crippen LogP contribution < -0.4 is 8.92 Å². The van der Waals surface area contributed by atoms with Gasteiger partial charge in [-0.3, -0.25) is 0 Å². The van der Waals surface area contributed by atoms with Crippen LogP contribution in [0.1, 0.15) is 5.56 Å². The van der Waals surface area contributed by atoms with Gasteiger partial charge in [-0.05, 0) is 53.8 Å². The first-order chi connectivity index (χ1) is 10.4. The summed E-state index contributed by atoms with van der Waals surface area (Å²) in [5.74, 6) is 0.686. The van der Waals surface area contributed by atoms with Crippen molar-refractivity contribution in [3.8, 4) is 11.5 Å². The summed E-state index contributed by atoms with van der Waals surface area (Å²) in [7, 11) is -2.36. The van der Waals surface area contributed by atoms with Crippen LogP contribution in [0.25, 0.3) is 0 Å². The molecule has 0 radical (unpaired) electrons. The van der Waals surface area contributed by atoms with E-state index in [1.54, 1.807) is 24.3 Å². The van der Waals surface area contributed by atoms with Crippen molar-refractivity contribution < 1.29 is 22.1 Å². The number of hydrogen-bond acceptors (Lipinski definition) is 5. The summed E-state index contributed by atoms with van der Waals surface area (Å²) in [4.78, 5) is 0.107. The molecule has 0 heterocycles. The molecular weight excluding hydrogens is 419 g/mol. The summed E-state index contributed by atoms with van der Waals surface area (Å²) in [5.41, 5.74) is 0.975. The Morgan fingerprint density at radius 1 is 1.09 bits per heavy atom. The molecule has 0 saturated carbocycles. The molecule has 118 valence electrons. The minimum absolute atomic E-state index is 0.0736. The lowest BCUT2D eigenvalue weighted by molar-refractivity contribution is 0.0504. The molecule has 0 aliphatic heterocycles. The summed E-state index contributed by atoms with van der Waals surface area (Å²) >= 11 is 2.08. The van der Waals surface area contributed by atoms with Crippen LogP contribution in [0.3, 0.4) is 0 Å². The van der Waals surface area contributed by atoms with Gasteiger partial charge in [-0.2, -0.15) is 8.42 Å². The Labute approximate surface area is 143 Å². The summed E-state index contributed by atoms with van der Waals surface area (Å²) in [6.45, 7) is 1.96. The summed E-state index contributed by atoms with van der Waals surface area (Å²) < 4.78 is 40.6. The first-order valence-corrected chi connectivity index (χ1v) is 8.83. The molecule has 0 bridgehead atoms. The first kappa shape index (κ1) is 17.0. The van der Waals surface area contributed by atoms with Crippen LogP contribution in [-0.2, 0) is 14.9 Å². The number of benzene rings is 2.